The SMILES string of the molecule is O/N=C1\CCCc2ccc(-c3cnc(-c4cccnc4)s3)nc21. The van der Waals surface area contributed by atoms with Gasteiger partial charge in [-0.2, -0.15) is 0 Å². The molecule has 0 saturated heterocycles. The number of pyridine rings is 2. The normalized spacial score (nSPS) is 15.6. The topological polar surface area (TPSA) is 71.3 Å². The summed E-state index contributed by atoms with van der Waals surface area (Å²) in [6, 6.07) is 7.98. The van der Waals surface area contributed by atoms with Gasteiger partial charge in [0.05, 0.1) is 16.3 Å². The van der Waals surface area contributed by atoms with Crippen molar-refractivity contribution in [2.75, 3.05) is 0 Å². The molecule has 3 aromatic heterocycles. The lowest BCUT2D eigenvalue weighted by molar-refractivity contribution is 0.317. The molecule has 4 rings (SSSR count). The first-order valence-corrected chi connectivity index (χ1v) is 8.24. The predicted octanol–water partition coefficient (Wildman–Crippen LogP) is 3.78. The van der Waals surface area contributed by atoms with Crippen molar-refractivity contribution >= 4 is 17.0 Å². The molecule has 0 bridgehead atoms. The number of oxime groups is 1. The van der Waals surface area contributed by atoms with E-state index in [0.29, 0.717) is 5.71 Å². The van der Waals surface area contributed by atoms with Gasteiger partial charge < -0.3 is 5.21 Å². The minimum absolute atomic E-state index is 0.671. The zero-order valence-corrected chi connectivity index (χ0v) is 13.1. The largest absolute Gasteiger partial charge is 0.411 e. The van der Waals surface area contributed by atoms with E-state index in [4.69, 9.17) is 4.98 Å². The van der Waals surface area contributed by atoms with Gasteiger partial charge in [0.1, 0.15) is 10.7 Å². The van der Waals surface area contributed by atoms with Crippen LogP contribution in [0.15, 0.2) is 48.0 Å². The molecule has 6 heteroatoms. The number of aryl methyl sites for hydroxylation is 1. The van der Waals surface area contributed by atoms with Crippen molar-refractivity contribution in [2.45, 2.75) is 19.3 Å². The highest BCUT2D eigenvalue weighted by molar-refractivity contribution is 7.18. The minimum Gasteiger partial charge on any atom is -0.411 e. The monoisotopic (exact) mass is 322 g/mol. The first-order valence-electron chi connectivity index (χ1n) is 7.43. The Morgan fingerprint density at radius 1 is 1.13 bits per heavy atom. The number of nitrogens with zero attached hydrogens (tertiary/aromatic N) is 4. The number of hydrogen-bond acceptors (Lipinski definition) is 6. The van der Waals surface area contributed by atoms with Crippen molar-refractivity contribution in [1.82, 2.24) is 15.0 Å². The maximum atomic E-state index is 9.18. The summed E-state index contributed by atoms with van der Waals surface area (Å²) < 4.78 is 0. The van der Waals surface area contributed by atoms with Gasteiger partial charge in [-0.25, -0.2) is 9.97 Å². The third-order valence-corrected chi connectivity index (χ3v) is 4.97. The van der Waals surface area contributed by atoms with E-state index in [1.165, 1.54) is 0 Å². The Morgan fingerprint density at radius 3 is 2.91 bits per heavy atom. The van der Waals surface area contributed by atoms with E-state index in [-0.39, 0.29) is 0 Å². The fraction of sp³-hybridized carbons (Fsp3) is 0.176. The third kappa shape index (κ3) is 2.61. The van der Waals surface area contributed by atoms with Crippen LogP contribution in [0.25, 0.3) is 21.1 Å². The summed E-state index contributed by atoms with van der Waals surface area (Å²) in [7, 11) is 0. The highest BCUT2D eigenvalue weighted by atomic mass is 32.1. The number of aromatic nitrogens is 3. The van der Waals surface area contributed by atoms with Crippen molar-refractivity contribution < 1.29 is 5.21 Å². The molecule has 1 N–H and O–H groups in total. The predicted molar refractivity (Wildman–Crippen MR) is 89.8 cm³/mol. The average molecular weight is 322 g/mol. The van der Waals surface area contributed by atoms with E-state index in [0.717, 1.165) is 51.7 Å². The average Bonchev–Trinajstić information content (AvgIpc) is 3.11. The van der Waals surface area contributed by atoms with Crippen LogP contribution >= 0.6 is 11.3 Å². The molecule has 0 amide bonds. The van der Waals surface area contributed by atoms with Gasteiger partial charge >= 0.3 is 0 Å². The molecular formula is C17H14N4OS. The molecule has 0 unspecified atom stereocenters. The van der Waals surface area contributed by atoms with Crippen LogP contribution in [0.3, 0.4) is 0 Å². The summed E-state index contributed by atoms with van der Waals surface area (Å²) in [6.07, 6.45) is 8.13. The molecule has 0 aliphatic heterocycles. The Hall–Kier alpha value is -2.60. The lowest BCUT2D eigenvalue weighted by Gasteiger charge is -2.16. The summed E-state index contributed by atoms with van der Waals surface area (Å²) in [6.45, 7) is 0. The van der Waals surface area contributed by atoms with Crippen molar-refractivity contribution in [3.63, 3.8) is 0 Å². The Kier molecular flexibility index (Phi) is 3.59. The summed E-state index contributed by atoms with van der Waals surface area (Å²) >= 11 is 1.58. The molecule has 0 fully saturated rings. The fourth-order valence-corrected chi connectivity index (χ4v) is 3.63. The number of thiazole rings is 1. The standard InChI is InChI=1S/C17H14N4OS/c22-21-14-5-1-3-11-6-7-13(20-16(11)14)15-10-19-17(23-15)12-4-2-8-18-9-12/h2,4,6-10,22H,1,3,5H2/b21-14+. The van der Waals surface area contributed by atoms with Gasteiger partial charge in [0.2, 0.25) is 0 Å². The Morgan fingerprint density at radius 2 is 2.09 bits per heavy atom. The maximum absolute atomic E-state index is 9.18. The van der Waals surface area contributed by atoms with Crippen molar-refractivity contribution in [3.05, 3.63) is 54.1 Å². The van der Waals surface area contributed by atoms with Crippen molar-refractivity contribution in [1.29, 1.82) is 0 Å². The molecule has 3 aromatic rings. The Balaban J connectivity index is 1.73. The second-order valence-corrected chi connectivity index (χ2v) is 6.41. The van der Waals surface area contributed by atoms with E-state index in [9.17, 15) is 5.21 Å². The fourth-order valence-electron chi connectivity index (χ4n) is 2.75. The molecule has 114 valence electrons. The lowest BCUT2D eigenvalue weighted by Crippen LogP contribution is -2.14. The third-order valence-electron chi connectivity index (χ3n) is 3.90. The molecule has 0 atom stereocenters. The van der Waals surface area contributed by atoms with Crippen LogP contribution in [-0.4, -0.2) is 25.9 Å². The van der Waals surface area contributed by atoms with E-state index < -0.39 is 0 Å². The maximum Gasteiger partial charge on any atom is 0.125 e. The molecular weight excluding hydrogens is 308 g/mol. The van der Waals surface area contributed by atoms with E-state index in [1.54, 1.807) is 23.7 Å². The van der Waals surface area contributed by atoms with E-state index in [2.05, 4.69) is 21.2 Å². The number of rotatable bonds is 2. The Labute approximate surface area is 137 Å². The molecule has 0 saturated carbocycles. The van der Waals surface area contributed by atoms with Crippen LogP contribution < -0.4 is 0 Å². The summed E-state index contributed by atoms with van der Waals surface area (Å²) in [5.41, 5.74) is 4.49. The summed E-state index contributed by atoms with van der Waals surface area (Å²) in [5.74, 6) is 0. The minimum atomic E-state index is 0.671. The van der Waals surface area contributed by atoms with Crippen LogP contribution in [0.1, 0.15) is 24.1 Å². The molecule has 1 aliphatic rings. The molecule has 5 nitrogen and oxygen atoms in total. The van der Waals surface area contributed by atoms with Crippen LogP contribution in [0.5, 0.6) is 0 Å². The molecule has 0 spiro atoms. The second-order valence-electron chi connectivity index (χ2n) is 5.38. The van der Waals surface area contributed by atoms with Crippen LogP contribution in [-0.2, 0) is 6.42 Å². The lowest BCUT2D eigenvalue weighted by atomic mass is 9.94. The first-order chi connectivity index (χ1) is 11.3. The van der Waals surface area contributed by atoms with E-state index >= 15 is 0 Å². The summed E-state index contributed by atoms with van der Waals surface area (Å²) in [5, 5.41) is 13.5. The van der Waals surface area contributed by atoms with Crippen LogP contribution in [0.4, 0.5) is 0 Å². The van der Waals surface area contributed by atoms with Crippen LogP contribution in [0.2, 0.25) is 0 Å². The van der Waals surface area contributed by atoms with Crippen LogP contribution in [0, 0.1) is 0 Å². The van der Waals surface area contributed by atoms with Gasteiger partial charge in [-0.3, -0.25) is 4.98 Å². The van der Waals surface area contributed by atoms with Gasteiger partial charge in [-0.15, -0.1) is 11.3 Å². The van der Waals surface area contributed by atoms with Gasteiger partial charge in [0, 0.05) is 24.2 Å². The summed E-state index contributed by atoms with van der Waals surface area (Å²) in [4.78, 5) is 14.3. The zero-order valence-electron chi connectivity index (χ0n) is 12.3. The highest BCUT2D eigenvalue weighted by Crippen LogP contribution is 2.32. The number of fused-ring (bicyclic) bond motifs is 1. The molecule has 0 aromatic carbocycles. The van der Waals surface area contributed by atoms with Crippen molar-refractivity contribution in [3.8, 4) is 21.1 Å². The smallest absolute Gasteiger partial charge is 0.125 e. The van der Waals surface area contributed by atoms with Crippen molar-refractivity contribution in [2.24, 2.45) is 5.16 Å². The molecule has 3 heterocycles. The van der Waals surface area contributed by atoms with Gasteiger partial charge in [-0.05, 0) is 43.0 Å². The Bertz CT molecular complexity index is 873. The van der Waals surface area contributed by atoms with Gasteiger partial charge in [0.15, 0.2) is 0 Å². The zero-order chi connectivity index (χ0) is 15.6. The second kappa shape index (κ2) is 5.89. The first kappa shape index (κ1) is 14.0. The van der Waals surface area contributed by atoms with Gasteiger partial charge in [-0.1, -0.05) is 11.2 Å². The number of hydrogen-bond donors (Lipinski definition) is 1. The van der Waals surface area contributed by atoms with E-state index in [1.807, 2.05) is 24.4 Å². The molecule has 1 aliphatic carbocycles. The van der Waals surface area contributed by atoms with Gasteiger partial charge in [0.25, 0.3) is 0 Å². The quantitative estimate of drug-likeness (QED) is 0.576. The molecule has 0 radical (unpaired) electrons. The molecule has 23 heavy (non-hydrogen) atoms. The highest BCUT2D eigenvalue weighted by Gasteiger charge is 2.19.